The van der Waals surface area contributed by atoms with Crippen molar-refractivity contribution >= 4 is 37.9 Å². The van der Waals surface area contributed by atoms with Gasteiger partial charge in [0.2, 0.25) is 0 Å². The van der Waals surface area contributed by atoms with E-state index in [4.69, 9.17) is 0 Å². The Hall–Kier alpha value is -7.87. The van der Waals surface area contributed by atoms with E-state index in [1.54, 1.807) is 0 Å². The van der Waals surface area contributed by atoms with E-state index in [1.807, 2.05) is 78.9 Å². The normalized spacial score (nSPS) is 12.2. The molecule has 1 atom stereocenters. The topological polar surface area (TPSA) is 17.1 Å². The molecule has 0 spiro atoms. The second kappa shape index (κ2) is 20.9. The molecular formula is C51H21BF20OS. The minimum atomic E-state index is -7.22. The molecular weight excluding hydrogens is 1050 g/mol. The van der Waals surface area contributed by atoms with Gasteiger partial charge >= 0.3 is 0 Å². The van der Waals surface area contributed by atoms with Gasteiger partial charge in [-0.25, -0.2) is 87.8 Å². The predicted molar refractivity (Wildman–Crippen MR) is 231 cm³/mol. The Balaban J connectivity index is 0.000000237. The van der Waals surface area contributed by atoms with E-state index < -0.39 is 154 Å². The van der Waals surface area contributed by atoms with Gasteiger partial charge in [-0.3, -0.25) is 0 Å². The van der Waals surface area contributed by atoms with Gasteiger partial charge < -0.3 is 0 Å². The molecule has 8 aromatic rings. The van der Waals surface area contributed by atoms with Crippen LogP contribution in [0.4, 0.5) is 87.8 Å². The summed E-state index contributed by atoms with van der Waals surface area (Å²) in [7, 11) is -2.56. The molecule has 0 radical (unpaired) electrons. The lowest BCUT2D eigenvalue weighted by Crippen LogP contribution is -2.81. The third-order valence-corrected chi connectivity index (χ3v) is 13.6. The van der Waals surface area contributed by atoms with E-state index in [9.17, 15) is 56.9 Å². The Labute approximate surface area is 404 Å². The zero-order valence-electron chi connectivity index (χ0n) is 36.1. The number of hydrogen-bond acceptors (Lipinski definition) is 1. The summed E-state index contributed by atoms with van der Waals surface area (Å²) in [4.78, 5) is 0.774. The fraction of sp³-hybridized carbons (Fsp3) is 0.0196. The molecule has 1 nitrogen and oxygen atoms in total. The maximum Gasteiger partial charge on any atom is 0.200 e. The molecule has 23 heteroatoms. The summed E-state index contributed by atoms with van der Waals surface area (Å²) in [5, 5.41) is 3.10. The first-order valence-corrected chi connectivity index (χ1v) is 22.2. The van der Waals surface area contributed by atoms with Gasteiger partial charge in [0.25, 0.3) is 0 Å². The van der Waals surface area contributed by atoms with E-state index in [2.05, 4.69) is 47.6 Å². The number of rotatable bonds is 8. The monoisotopic (exact) mass is 1070 g/mol. The fourth-order valence-electron chi connectivity index (χ4n) is 8.01. The Morgan fingerprint density at radius 2 is 0.568 bits per heavy atom. The van der Waals surface area contributed by atoms with Gasteiger partial charge in [0.15, 0.2) is 95.6 Å². The molecule has 0 aliphatic heterocycles. The number of benzene rings is 8. The molecule has 8 rings (SSSR count). The van der Waals surface area contributed by atoms with Gasteiger partial charge in [-0.05, 0) is 41.3 Å². The van der Waals surface area contributed by atoms with E-state index in [0.717, 1.165) is 21.6 Å². The summed E-state index contributed by atoms with van der Waals surface area (Å²) in [5.41, 5.74) is -10.1. The summed E-state index contributed by atoms with van der Waals surface area (Å²) in [6.07, 6.45) is -7.22. The summed E-state index contributed by atoms with van der Waals surface area (Å²) in [6.45, 7) is 0. The van der Waals surface area contributed by atoms with Crippen molar-refractivity contribution in [2.45, 2.75) is 10.6 Å². The van der Waals surface area contributed by atoms with E-state index in [-0.39, 0.29) is 0 Å². The lowest BCUT2D eigenvalue weighted by molar-refractivity contribution is 0.378. The molecule has 0 aliphatic rings. The van der Waals surface area contributed by atoms with Crippen LogP contribution in [0.2, 0.25) is 0 Å². The smallest absolute Gasteiger partial charge is 0.200 e. The zero-order chi connectivity index (χ0) is 54.3. The molecule has 1 unspecified atom stereocenters. The minimum Gasteiger partial charge on any atom is -0.207 e. The van der Waals surface area contributed by atoms with Crippen molar-refractivity contribution in [3.63, 3.8) is 0 Å². The molecule has 0 heterocycles. The molecule has 0 aliphatic carbocycles. The summed E-state index contributed by atoms with van der Waals surface area (Å²) < 4.78 is 308. The first kappa shape index (κ1) is 53.9. The van der Waals surface area contributed by atoms with Crippen molar-refractivity contribution < 1.29 is 92.0 Å². The maximum atomic E-state index is 15.4. The van der Waals surface area contributed by atoms with E-state index in [0.29, 0.717) is 5.75 Å². The minimum absolute atomic E-state index is 0.395. The summed E-state index contributed by atoms with van der Waals surface area (Å²) >= 11 is 0. The van der Waals surface area contributed by atoms with Crippen LogP contribution in [-0.4, -0.2) is 6.15 Å². The highest BCUT2D eigenvalue weighted by molar-refractivity contribution is 8.06. The Kier molecular flexibility index (Phi) is 15.3. The average Bonchev–Trinajstić information content (AvgIpc) is 3.41. The zero-order valence-corrected chi connectivity index (χ0v) is 36.9. The molecule has 74 heavy (non-hydrogen) atoms. The standard InChI is InChI=1S/C27H21OS.C24BF20/c28-29(27-14-8-3-9-15-27,21-20-23-10-4-1-5-11-23)22-24-16-18-26(19-17-24)25-12-6-2-7-13-25;26-5-1(6(27)14(35)21(42)13(5)34)25(2-7(28)15(36)22(43)16(37)8(2)29,3-9(30)17(38)23(44)18(39)10(3)31)4-11(32)19(40)24(45)20(41)12(4)33/h1-19H,22H2;/q+1;-1. The predicted octanol–water partition coefficient (Wildman–Crippen LogP) is 12.3. The van der Waals surface area contributed by atoms with Gasteiger partial charge in [0, 0.05) is 11.1 Å². The highest BCUT2D eigenvalue weighted by atomic mass is 32.2. The van der Waals surface area contributed by atoms with Crippen molar-refractivity contribution in [3.05, 3.63) is 243 Å². The Morgan fingerprint density at radius 1 is 0.311 bits per heavy atom. The van der Waals surface area contributed by atoms with Gasteiger partial charge in [0.05, 0.1) is 0 Å². The third kappa shape index (κ3) is 9.15. The molecule has 0 saturated carbocycles. The van der Waals surface area contributed by atoms with Crippen molar-refractivity contribution in [1.82, 2.24) is 0 Å². The lowest BCUT2D eigenvalue weighted by Gasteiger charge is -2.44. The van der Waals surface area contributed by atoms with Crippen molar-refractivity contribution in [3.8, 4) is 22.3 Å². The molecule has 380 valence electrons. The van der Waals surface area contributed by atoms with Crippen molar-refractivity contribution in [2.24, 2.45) is 0 Å². The van der Waals surface area contributed by atoms with Gasteiger partial charge in [0.1, 0.15) is 52.7 Å². The maximum absolute atomic E-state index is 15.4. The molecule has 0 bridgehead atoms. The van der Waals surface area contributed by atoms with Crippen molar-refractivity contribution in [2.75, 3.05) is 0 Å². The molecule has 8 aromatic carbocycles. The van der Waals surface area contributed by atoms with Gasteiger partial charge in [-0.1, -0.05) is 95.2 Å². The first-order chi connectivity index (χ1) is 34.9. The van der Waals surface area contributed by atoms with E-state index >= 15 is 35.1 Å². The van der Waals surface area contributed by atoms with Crippen LogP contribution in [0, 0.1) is 128 Å². The summed E-state index contributed by atoms with van der Waals surface area (Å²) in [5.74, 6) is -67.9. The van der Waals surface area contributed by atoms with Crippen LogP contribution in [0.1, 0.15) is 11.1 Å². The fourth-order valence-corrected chi connectivity index (χ4v) is 9.91. The van der Waals surface area contributed by atoms with Crippen molar-refractivity contribution in [1.29, 1.82) is 0 Å². The Bertz CT molecular complexity index is 3230. The first-order valence-electron chi connectivity index (χ1n) is 20.5. The third-order valence-electron chi connectivity index (χ3n) is 11.4. The number of hydrogen-bond donors (Lipinski definition) is 0. The molecule has 0 N–H and O–H groups in total. The quantitative estimate of drug-likeness (QED) is 0.0370. The SMILES string of the molecule is Fc1c(F)c(F)c([B-](c2c(F)c(F)c(F)c(F)c2F)(c2c(F)c(F)c(F)c(F)c2F)c2c(F)c(F)c(F)c(F)c2F)c(F)c1F.O=[S+](C#Cc1ccccc1)(Cc1ccc(-c2ccccc2)cc1)c1ccccc1. The van der Waals surface area contributed by atoms with Gasteiger partial charge in [-0.15, -0.1) is 21.9 Å². The second-order valence-electron chi connectivity index (χ2n) is 15.6. The average molecular weight is 1070 g/mol. The number of halogens is 20. The molecule has 0 fully saturated rings. The van der Waals surface area contributed by atoms with Crippen LogP contribution < -0.4 is 21.9 Å². The summed E-state index contributed by atoms with van der Waals surface area (Å²) in [6, 6.07) is 37.8. The highest BCUT2D eigenvalue weighted by Gasteiger charge is 2.52. The van der Waals surface area contributed by atoms with Crippen LogP contribution >= 0.6 is 0 Å². The largest absolute Gasteiger partial charge is 0.207 e. The van der Waals surface area contributed by atoms with Gasteiger partial charge in [-0.2, -0.15) is 0 Å². The second-order valence-corrected chi connectivity index (χ2v) is 17.9. The molecule has 0 aromatic heterocycles. The molecule has 0 amide bonds. The Morgan fingerprint density at radius 3 is 0.878 bits per heavy atom. The highest BCUT2D eigenvalue weighted by Crippen LogP contribution is 2.32. The van der Waals surface area contributed by atoms with Crippen LogP contribution in [-0.2, 0) is 19.9 Å². The van der Waals surface area contributed by atoms with Crippen LogP contribution in [0.3, 0.4) is 0 Å². The van der Waals surface area contributed by atoms with Crippen LogP contribution in [0.5, 0.6) is 0 Å². The molecule has 0 saturated heterocycles. The lowest BCUT2D eigenvalue weighted by atomic mass is 9.12. The van der Waals surface area contributed by atoms with Crippen LogP contribution in [0.15, 0.2) is 120 Å². The van der Waals surface area contributed by atoms with Crippen LogP contribution in [0.25, 0.3) is 11.1 Å². The van der Waals surface area contributed by atoms with E-state index in [1.165, 1.54) is 5.56 Å².